The number of anilines is 2. The third-order valence-corrected chi connectivity index (χ3v) is 2.82. The number of hydrogen-bond acceptors (Lipinski definition) is 4. The molecule has 1 aromatic heterocycles. The van der Waals surface area contributed by atoms with Crippen molar-refractivity contribution in [2.75, 3.05) is 10.7 Å². The summed E-state index contributed by atoms with van der Waals surface area (Å²) in [5, 5.41) is 6.30. The van der Waals surface area contributed by atoms with E-state index in [1.807, 2.05) is 5.43 Å². The van der Waals surface area contributed by atoms with Crippen LogP contribution in [0.4, 0.5) is 24.7 Å². The van der Waals surface area contributed by atoms with Crippen LogP contribution in [0, 0.1) is 0 Å². The molecule has 1 amide bonds. The normalized spacial score (nSPS) is 11.3. The molecule has 2 rings (SSSR count). The maximum Gasteiger partial charge on any atom is 0.418 e. The zero-order valence-electron chi connectivity index (χ0n) is 10.9. The van der Waals surface area contributed by atoms with Gasteiger partial charge in [-0.2, -0.15) is 18.3 Å². The largest absolute Gasteiger partial charge is 0.418 e. The van der Waals surface area contributed by atoms with Crippen molar-refractivity contribution < 1.29 is 18.0 Å². The van der Waals surface area contributed by atoms with Gasteiger partial charge < -0.3 is 10.7 Å². The Bertz CT molecular complexity index is 665. The van der Waals surface area contributed by atoms with E-state index in [4.69, 9.17) is 5.84 Å². The lowest BCUT2D eigenvalue weighted by Gasteiger charge is -2.16. The first kappa shape index (κ1) is 14.9. The van der Waals surface area contributed by atoms with Gasteiger partial charge in [-0.05, 0) is 12.1 Å². The molecule has 0 bridgehead atoms. The zero-order valence-corrected chi connectivity index (χ0v) is 10.9. The van der Waals surface area contributed by atoms with Crippen molar-refractivity contribution in [3.63, 3.8) is 0 Å². The van der Waals surface area contributed by atoms with Gasteiger partial charge in [0, 0.05) is 13.1 Å². The minimum absolute atomic E-state index is 0.214. The molecule has 0 fully saturated rings. The van der Waals surface area contributed by atoms with E-state index in [1.165, 1.54) is 23.0 Å². The summed E-state index contributed by atoms with van der Waals surface area (Å²) in [7, 11) is 1.59. The molecule has 112 valence electrons. The van der Waals surface area contributed by atoms with Crippen molar-refractivity contribution in [3.05, 3.63) is 41.6 Å². The molecule has 0 saturated heterocycles. The van der Waals surface area contributed by atoms with Gasteiger partial charge in [-0.15, -0.1) is 0 Å². The lowest BCUT2D eigenvalue weighted by atomic mass is 10.1. The maximum absolute atomic E-state index is 12.9. The summed E-state index contributed by atoms with van der Waals surface area (Å²) in [6.45, 7) is 0. The molecule has 0 radical (unpaired) electrons. The van der Waals surface area contributed by atoms with Crippen LogP contribution in [-0.4, -0.2) is 15.7 Å². The number of carbonyl (C=O) groups is 1. The molecule has 2 aromatic rings. The van der Waals surface area contributed by atoms with Gasteiger partial charge in [-0.25, -0.2) is 0 Å². The van der Waals surface area contributed by atoms with E-state index in [0.29, 0.717) is 5.82 Å². The number of alkyl halides is 3. The van der Waals surface area contributed by atoms with Crippen molar-refractivity contribution in [3.8, 4) is 0 Å². The number of nitrogens with zero attached hydrogens (tertiary/aromatic N) is 2. The lowest BCUT2D eigenvalue weighted by molar-refractivity contribution is -0.137. The second-order valence-corrected chi connectivity index (χ2v) is 4.16. The predicted octanol–water partition coefficient (Wildman–Crippen LogP) is 1.98. The van der Waals surface area contributed by atoms with Crippen LogP contribution in [0.25, 0.3) is 0 Å². The number of nitrogen functional groups attached to an aromatic ring is 1. The Labute approximate surface area is 117 Å². The molecule has 0 unspecified atom stereocenters. The van der Waals surface area contributed by atoms with Crippen LogP contribution < -0.4 is 16.6 Å². The van der Waals surface area contributed by atoms with Crippen LogP contribution in [0.3, 0.4) is 0 Å². The SMILES string of the molecule is Cn1nccc1NC(=O)c1cccc(C(F)(F)F)c1NN. The maximum atomic E-state index is 12.9. The van der Waals surface area contributed by atoms with E-state index in [0.717, 1.165) is 12.1 Å². The molecular formula is C12H12F3N5O. The zero-order chi connectivity index (χ0) is 15.6. The molecule has 0 aliphatic rings. The number of para-hydroxylation sites is 1. The standard InChI is InChI=1S/C12H12F3N5O/c1-20-9(5-6-17-20)18-11(21)7-3-2-4-8(10(7)19-16)12(13,14)15/h2-6,19H,16H2,1H3,(H,18,21). The summed E-state index contributed by atoms with van der Waals surface area (Å²) in [4.78, 5) is 12.1. The van der Waals surface area contributed by atoms with Gasteiger partial charge in [0.1, 0.15) is 5.82 Å². The molecule has 6 nitrogen and oxygen atoms in total. The van der Waals surface area contributed by atoms with Crippen LogP contribution in [0.2, 0.25) is 0 Å². The summed E-state index contributed by atoms with van der Waals surface area (Å²) in [5.41, 5.74) is 0.235. The number of rotatable bonds is 3. The first-order chi connectivity index (χ1) is 9.84. The Morgan fingerprint density at radius 2 is 2.05 bits per heavy atom. The highest BCUT2D eigenvalue weighted by Gasteiger charge is 2.35. The van der Waals surface area contributed by atoms with Gasteiger partial charge in [0.25, 0.3) is 5.91 Å². The predicted molar refractivity (Wildman–Crippen MR) is 70.4 cm³/mol. The van der Waals surface area contributed by atoms with Gasteiger partial charge >= 0.3 is 6.18 Å². The number of nitrogens with one attached hydrogen (secondary N) is 2. The molecule has 1 heterocycles. The first-order valence-electron chi connectivity index (χ1n) is 5.80. The second kappa shape index (κ2) is 5.44. The monoisotopic (exact) mass is 299 g/mol. The number of carbonyl (C=O) groups excluding carboxylic acids is 1. The molecule has 0 atom stereocenters. The van der Waals surface area contributed by atoms with Gasteiger partial charge in [0.05, 0.1) is 23.0 Å². The third-order valence-electron chi connectivity index (χ3n) is 2.82. The smallest absolute Gasteiger partial charge is 0.323 e. The van der Waals surface area contributed by atoms with E-state index in [1.54, 1.807) is 7.05 Å². The molecule has 0 aliphatic carbocycles. The molecule has 21 heavy (non-hydrogen) atoms. The number of hydrogen-bond donors (Lipinski definition) is 3. The molecule has 9 heteroatoms. The number of halogens is 3. The number of amides is 1. The van der Waals surface area contributed by atoms with E-state index in [-0.39, 0.29) is 5.56 Å². The molecule has 1 aromatic carbocycles. The van der Waals surface area contributed by atoms with Gasteiger partial charge in [0.15, 0.2) is 0 Å². The molecule has 0 saturated carbocycles. The van der Waals surface area contributed by atoms with E-state index in [2.05, 4.69) is 10.4 Å². The molecule has 0 spiro atoms. The van der Waals surface area contributed by atoms with E-state index in [9.17, 15) is 18.0 Å². The lowest BCUT2D eigenvalue weighted by Crippen LogP contribution is -2.22. The Hall–Kier alpha value is -2.55. The summed E-state index contributed by atoms with van der Waals surface area (Å²) in [6.07, 6.45) is -3.17. The molecule has 0 aliphatic heterocycles. The van der Waals surface area contributed by atoms with Crippen LogP contribution in [-0.2, 0) is 13.2 Å². The van der Waals surface area contributed by atoms with Crippen LogP contribution in [0.15, 0.2) is 30.5 Å². The van der Waals surface area contributed by atoms with Crippen molar-refractivity contribution in [2.45, 2.75) is 6.18 Å². The fourth-order valence-electron chi connectivity index (χ4n) is 1.81. The Balaban J connectivity index is 2.40. The number of aryl methyl sites for hydroxylation is 1. The fraction of sp³-hybridized carbons (Fsp3) is 0.167. The number of hydrazine groups is 1. The van der Waals surface area contributed by atoms with Crippen LogP contribution in [0.5, 0.6) is 0 Å². The fourth-order valence-corrected chi connectivity index (χ4v) is 1.81. The minimum atomic E-state index is -4.62. The molecular weight excluding hydrogens is 287 g/mol. The quantitative estimate of drug-likeness (QED) is 0.597. The number of aromatic nitrogens is 2. The average Bonchev–Trinajstić information content (AvgIpc) is 2.82. The Morgan fingerprint density at radius 1 is 1.33 bits per heavy atom. The highest BCUT2D eigenvalue weighted by Crippen LogP contribution is 2.36. The first-order valence-corrected chi connectivity index (χ1v) is 5.80. The van der Waals surface area contributed by atoms with Crippen molar-refractivity contribution in [2.24, 2.45) is 12.9 Å². The Kier molecular flexibility index (Phi) is 3.85. The van der Waals surface area contributed by atoms with E-state index < -0.39 is 23.3 Å². The highest BCUT2D eigenvalue weighted by molar-refractivity contribution is 6.08. The molecule has 4 N–H and O–H groups in total. The highest BCUT2D eigenvalue weighted by atomic mass is 19.4. The summed E-state index contributed by atoms with van der Waals surface area (Å²) >= 11 is 0. The van der Waals surface area contributed by atoms with Crippen molar-refractivity contribution in [1.29, 1.82) is 0 Å². The van der Waals surface area contributed by atoms with Gasteiger partial charge in [0.2, 0.25) is 0 Å². The summed E-state index contributed by atoms with van der Waals surface area (Å²) in [5.74, 6) is 4.76. The van der Waals surface area contributed by atoms with Crippen molar-refractivity contribution in [1.82, 2.24) is 9.78 Å². The summed E-state index contributed by atoms with van der Waals surface area (Å²) < 4.78 is 40.0. The van der Waals surface area contributed by atoms with Crippen LogP contribution >= 0.6 is 0 Å². The Morgan fingerprint density at radius 3 is 2.57 bits per heavy atom. The van der Waals surface area contributed by atoms with Gasteiger partial charge in [-0.1, -0.05) is 6.07 Å². The number of nitrogens with two attached hydrogens (primary N) is 1. The second-order valence-electron chi connectivity index (χ2n) is 4.16. The van der Waals surface area contributed by atoms with Gasteiger partial charge in [-0.3, -0.25) is 15.3 Å². The van der Waals surface area contributed by atoms with Crippen molar-refractivity contribution >= 4 is 17.4 Å². The average molecular weight is 299 g/mol. The van der Waals surface area contributed by atoms with Crippen LogP contribution in [0.1, 0.15) is 15.9 Å². The minimum Gasteiger partial charge on any atom is -0.323 e. The number of benzene rings is 1. The topological polar surface area (TPSA) is 85.0 Å². The summed E-state index contributed by atoms with van der Waals surface area (Å²) in [6, 6.07) is 4.75. The third kappa shape index (κ3) is 2.97. The van der Waals surface area contributed by atoms with E-state index >= 15 is 0 Å².